The smallest absolute Gasteiger partial charge is 0.253 e. The molecule has 1 unspecified atom stereocenters. The summed E-state index contributed by atoms with van der Waals surface area (Å²) in [4.78, 5) is 24.7. The highest BCUT2D eigenvalue weighted by Gasteiger charge is 2.21. The lowest BCUT2D eigenvalue weighted by molar-refractivity contribution is -0.120. The summed E-state index contributed by atoms with van der Waals surface area (Å²) in [5.41, 5.74) is 1.00. The average Bonchev–Trinajstić information content (AvgIpc) is 2.69. The maximum Gasteiger partial charge on any atom is 0.253 e. The van der Waals surface area contributed by atoms with Crippen molar-refractivity contribution in [2.75, 3.05) is 25.1 Å². The van der Waals surface area contributed by atoms with Crippen molar-refractivity contribution in [1.82, 2.24) is 10.6 Å². The minimum absolute atomic E-state index is 0.0295. The van der Waals surface area contributed by atoms with Crippen molar-refractivity contribution in [3.63, 3.8) is 0 Å². The number of carbonyl (C=O) groups excluding carboxylic acids is 2. The van der Waals surface area contributed by atoms with Gasteiger partial charge in [0.25, 0.3) is 5.91 Å². The van der Waals surface area contributed by atoms with E-state index in [9.17, 15) is 14.0 Å². The molecule has 0 bridgehead atoms. The van der Waals surface area contributed by atoms with E-state index in [0.717, 1.165) is 0 Å². The van der Waals surface area contributed by atoms with E-state index in [2.05, 4.69) is 16.0 Å². The third-order valence-corrected chi connectivity index (χ3v) is 4.44. The topological polar surface area (TPSA) is 79.5 Å². The molecule has 1 atom stereocenters. The number of benzene rings is 2. The monoisotopic (exact) mass is 391 g/mol. The summed E-state index contributed by atoms with van der Waals surface area (Å²) in [6.07, 6.45) is 0. The van der Waals surface area contributed by atoms with Gasteiger partial charge in [-0.15, -0.1) is 0 Å². The Labute approximate surface area is 161 Å². The highest BCUT2D eigenvalue weighted by Crippen LogP contribution is 2.21. The average molecular weight is 392 g/mol. The maximum absolute atomic E-state index is 13.7. The first-order valence-corrected chi connectivity index (χ1v) is 8.85. The molecule has 0 aromatic heterocycles. The molecular formula is C19H19ClFN3O3. The van der Waals surface area contributed by atoms with Gasteiger partial charge in [-0.2, -0.15) is 0 Å². The Kier molecular flexibility index (Phi) is 6.39. The first-order valence-electron chi connectivity index (χ1n) is 8.48. The van der Waals surface area contributed by atoms with Crippen LogP contribution < -0.4 is 16.0 Å². The summed E-state index contributed by atoms with van der Waals surface area (Å²) < 4.78 is 18.9. The minimum atomic E-state index is -0.460. The molecule has 8 heteroatoms. The van der Waals surface area contributed by atoms with Gasteiger partial charge in [0.05, 0.1) is 23.8 Å². The number of anilines is 1. The van der Waals surface area contributed by atoms with Crippen LogP contribution in [0.5, 0.6) is 0 Å². The summed E-state index contributed by atoms with van der Waals surface area (Å²) in [5.74, 6) is -1.11. The number of morpholine rings is 1. The van der Waals surface area contributed by atoms with Gasteiger partial charge < -0.3 is 20.7 Å². The molecule has 3 rings (SSSR count). The van der Waals surface area contributed by atoms with E-state index in [0.29, 0.717) is 24.4 Å². The molecule has 0 radical (unpaired) electrons. The third kappa shape index (κ3) is 5.03. The van der Waals surface area contributed by atoms with Gasteiger partial charge in [0.2, 0.25) is 5.91 Å². The summed E-state index contributed by atoms with van der Waals surface area (Å²) in [6, 6.07) is 10.4. The van der Waals surface area contributed by atoms with Crippen molar-refractivity contribution in [3.8, 4) is 0 Å². The SMILES string of the molecule is O=C(NCc1ccccc1F)c1cc(NC(=O)C2COCCN2)ccc1Cl. The van der Waals surface area contributed by atoms with Crippen LogP contribution in [0.3, 0.4) is 0 Å². The molecule has 0 aliphatic carbocycles. The molecule has 6 nitrogen and oxygen atoms in total. The number of carbonyl (C=O) groups is 2. The molecule has 142 valence electrons. The van der Waals surface area contributed by atoms with Gasteiger partial charge in [-0.1, -0.05) is 29.8 Å². The Bertz CT molecular complexity index is 841. The fourth-order valence-electron chi connectivity index (χ4n) is 2.65. The van der Waals surface area contributed by atoms with Crippen LogP contribution in [0.15, 0.2) is 42.5 Å². The van der Waals surface area contributed by atoms with Crippen LogP contribution >= 0.6 is 11.6 Å². The number of amides is 2. The summed E-state index contributed by atoms with van der Waals surface area (Å²) in [5, 5.41) is 8.66. The van der Waals surface area contributed by atoms with E-state index in [1.807, 2.05) is 0 Å². The van der Waals surface area contributed by atoms with Crippen molar-refractivity contribution >= 4 is 29.1 Å². The molecule has 2 amide bonds. The molecule has 0 spiro atoms. The van der Waals surface area contributed by atoms with Crippen molar-refractivity contribution in [3.05, 3.63) is 64.4 Å². The van der Waals surface area contributed by atoms with Crippen LogP contribution in [0.2, 0.25) is 5.02 Å². The number of ether oxygens (including phenoxy) is 1. The lowest BCUT2D eigenvalue weighted by Crippen LogP contribution is -2.48. The zero-order chi connectivity index (χ0) is 19.2. The molecule has 3 N–H and O–H groups in total. The summed E-state index contributed by atoms with van der Waals surface area (Å²) >= 11 is 6.11. The Hall–Kier alpha value is -2.48. The van der Waals surface area contributed by atoms with E-state index >= 15 is 0 Å². The van der Waals surface area contributed by atoms with Gasteiger partial charge in [0.1, 0.15) is 11.9 Å². The first-order chi connectivity index (χ1) is 13.0. The lowest BCUT2D eigenvalue weighted by Gasteiger charge is -2.23. The predicted octanol–water partition coefficient (Wildman–Crippen LogP) is 2.34. The van der Waals surface area contributed by atoms with Gasteiger partial charge >= 0.3 is 0 Å². The van der Waals surface area contributed by atoms with Crippen LogP contribution in [0.4, 0.5) is 10.1 Å². The number of halogens is 2. The lowest BCUT2D eigenvalue weighted by atomic mass is 10.1. The van der Waals surface area contributed by atoms with Gasteiger partial charge in [-0.3, -0.25) is 9.59 Å². The number of hydrogen-bond acceptors (Lipinski definition) is 4. The molecule has 1 aliphatic heterocycles. The van der Waals surface area contributed by atoms with Gasteiger partial charge in [0, 0.05) is 24.3 Å². The van der Waals surface area contributed by atoms with E-state index in [1.165, 1.54) is 18.2 Å². The van der Waals surface area contributed by atoms with E-state index in [-0.39, 0.29) is 29.6 Å². The second kappa shape index (κ2) is 8.94. The quantitative estimate of drug-likeness (QED) is 0.731. The fourth-order valence-corrected chi connectivity index (χ4v) is 2.86. The van der Waals surface area contributed by atoms with Crippen LogP contribution in [-0.4, -0.2) is 37.6 Å². The standard InChI is InChI=1S/C19H19ClFN3O3/c20-15-6-5-13(24-19(26)17-11-27-8-7-22-17)9-14(15)18(25)23-10-12-3-1-2-4-16(12)21/h1-6,9,17,22H,7-8,10-11H2,(H,23,25)(H,24,26). The first kappa shape index (κ1) is 19.3. The van der Waals surface area contributed by atoms with E-state index in [4.69, 9.17) is 16.3 Å². The van der Waals surface area contributed by atoms with Gasteiger partial charge in [-0.05, 0) is 24.3 Å². The molecule has 1 fully saturated rings. The summed E-state index contributed by atoms with van der Waals surface area (Å²) in [7, 11) is 0. The van der Waals surface area contributed by atoms with Crippen molar-refractivity contribution in [1.29, 1.82) is 0 Å². The zero-order valence-electron chi connectivity index (χ0n) is 14.4. The molecule has 1 saturated heterocycles. The molecular weight excluding hydrogens is 373 g/mol. The Morgan fingerprint density at radius 3 is 2.81 bits per heavy atom. The Morgan fingerprint density at radius 1 is 1.26 bits per heavy atom. The van der Waals surface area contributed by atoms with Crippen LogP contribution in [0.1, 0.15) is 15.9 Å². The maximum atomic E-state index is 13.7. The predicted molar refractivity (Wildman–Crippen MR) is 100 cm³/mol. The molecule has 2 aromatic carbocycles. The van der Waals surface area contributed by atoms with E-state index < -0.39 is 17.8 Å². The highest BCUT2D eigenvalue weighted by atomic mass is 35.5. The minimum Gasteiger partial charge on any atom is -0.378 e. The second-order valence-electron chi connectivity index (χ2n) is 6.04. The van der Waals surface area contributed by atoms with Crippen molar-refractivity contribution < 1.29 is 18.7 Å². The number of rotatable bonds is 5. The van der Waals surface area contributed by atoms with Crippen LogP contribution in [-0.2, 0) is 16.1 Å². The van der Waals surface area contributed by atoms with Gasteiger partial charge in [0.15, 0.2) is 0 Å². The van der Waals surface area contributed by atoms with Crippen molar-refractivity contribution in [2.24, 2.45) is 0 Å². The van der Waals surface area contributed by atoms with Crippen LogP contribution in [0.25, 0.3) is 0 Å². The highest BCUT2D eigenvalue weighted by molar-refractivity contribution is 6.34. The largest absolute Gasteiger partial charge is 0.378 e. The number of hydrogen-bond donors (Lipinski definition) is 3. The third-order valence-electron chi connectivity index (χ3n) is 4.11. The Morgan fingerprint density at radius 2 is 2.07 bits per heavy atom. The van der Waals surface area contributed by atoms with E-state index in [1.54, 1.807) is 24.3 Å². The van der Waals surface area contributed by atoms with Crippen LogP contribution in [0, 0.1) is 5.82 Å². The molecule has 0 saturated carbocycles. The molecule has 2 aromatic rings. The normalized spacial score (nSPS) is 16.6. The zero-order valence-corrected chi connectivity index (χ0v) is 15.2. The second-order valence-corrected chi connectivity index (χ2v) is 6.45. The Balaban J connectivity index is 1.66. The van der Waals surface area contributed by atoms with Crippen molar-refractivity contribution in [2.45, 2.75) is 12.6 Å². The van der Waals surface area contributed by atoms with Gasteiger partial charge in [-0.25, -0.2) is 4.39 Å². The molecule has 1 aliphatic rings. The number of nitrogens with one attached hydrogen (secondary N) is 3. The molecule has 27 heavy (non-hydrogen) atoms. The fraction of sp³-hybridized carbons (Fsp3) is 0.263. The summed E-state index contributed by atoms with van der Waals surface area (Å²) in [6.45, 7) is 1.48. The molecule has 1 heterocycles.